The summed E-state index contributed by atoms with van der Waals surface area (Å²) in [7, 11) is 4.34. The van der Waals surface area contributed by atoms with E-state index in [1.54, 1.807) is 12.1 Å². The third-order valence-electron chi connectivity index (χ3n) is 3.01. The lowest BCUT2D eigenvalue weighted by molar-refractivity contribution is 0.0658. The van der Waals surface area contributed by atoms with Gasteiger partial charge in [0.1, 0.15) is 17.2 Å². The zero-order valence-electron chi connectivity index (χ0n) is 12.2. The molecule has 1 N–H and O–H groups in total. The predicted octanol–water partition coefficient (Wildman–Crippen LogP) is 2.03. The summed E-state index contributed by atoms with van der Waals surface area (Å²) in [5.41, 5.74) is -0.233. The van der Waals surface area contributed by atoms with E-state index in [1.807, 2.05) is 0 Å². The van der Waals surface area contributed by atoms with Crippen molar-refractivity contribution in [1.82, 2.24) is 0 Å². The summed E-state index contributed by atoms with van der Waals surface area (Å²) < 4.78 is 20.5. The maximum Gasteiger partial charge on any atom is 0.372 e. The van der Waals surface area contributed by atoms with E-state index in [-0.39, 0.29) is 5.56 Å². The zero-order chi connectivity index (χ0) is 16.3. The van der Waals surface area contributed by atoms with Crippen LogP contribution in [0.1, 0.15) is 10.6 Å². The third kappa shape index (κ3) is 2.73. The van der Waals surface area contributed by atoms with E-state index in [1.165, 1.54) is 27.4 Å². The van der Waals surface area contributed by atoms with E-state index in [0.29, 0.717) is 22.8 Å². The highest BCUT2D eigenvalue weighted by atomic mass is 16.5. The van der Waals surface area contributed by atoms with E-state index >= 15 is 0 Å². The molecule has 7 nitrogen and oxygen atoms in total. The van der Waals surface area contributed by atoms with Crippen molar-refractivity contribution >= 4 is 5.97 Å². The van der Waals surface area contributed by atoms with E-state index in [9.17, 15) is 14.7 Å². The first-order valence-electron chi connectivity index (χ1n) is 6.19. The summed E-state index contributed by atoms with van der Waals surface area (Å²) in [6.07, 6.45) is 0. The largest absolute Gasteiger partial charge is 0.496 e. The van der Waals surface area contributed by atoms with Gasteiger partial charge in [0.15, 0.2) is 0 Å². The summed E-state index contributed by atoms with van der Waals surface area (Å²) in [6.45, 7) is 0. The fourth-order valence-electron chi connectivity index (χ4n) is 2.04. The molecule has 0 atom stereocenters. The van der Waals surface area contributed by atoms with Crippen molar-refractivity contribution in [3.05, 3.63) is 40.4 Å². The van der Waals surface area contributed by atoms with Gasteiger partial charge in [-0.3, -0.25) is 0 Å². The quantitative estimate of drug-likeness (QED) is 0.903. The van der Waals surface area contributed by atoms with E-state index in [0.717, 1.165) is 6.07 Å². The fourth-order valence-corrected chi connectivity index (χ4v) is 2.04. The first-order valence-corrected chi connectivity index (χ1v) is 6.19. The van der Waals surface area contributed by atoms with Crippen molar-refractivity contribution in [2.45, 2.75) is 0 Å². The van der Waals surface area contributed by atoms with Gasteiger partial charge in [-0.25, -0.2) is 9.59 Å². The van der Waals surface area contributed by atoms with Gasteiger partial charge >= 0.3 is 11.6 Å². The minimum absolute atomic E-state index is 0.170. The number of carboxylic acids is 1. The van der Waals surface area contributed by atoms with Crippen molar-refractivity contribution in [2.75, 3.05) is 21.3 Å². The predicted molar refractivity (Wildman–Crippen MR) is 77.0 cm³/mol. The zero-order valence-corrected chi connectivity index (χ0v) is 12.2. The lowest BCUT2D eigenvalue weighted by Crippen LogP contribution is -2.08. The maximum absolute atomic E-state index is 11.3. The molecule has 1 aromatic carbocycles. The highest BCUT2D eigenvalue weighted by molar-refractivity contribution is 5.95. The second kappa shape index (κ2) is 6.21. The second-order valence-electron chi connectivity index (χ2n) is 4.21. The minimum atomic E-state index is -1.37. The number of carbonyl (C=O) groups is 1. The SMILES string of the molecule is COc1cc(OC)c(-c2ccc(=O)oc2C(=O)O)c(OC)c1. The van der Waals surface area contributed by atoms with Gasteiger partial charge < -0.3 is 23.7 Å². The summed E-state index contributed by atoms with van der Waals surface area (Å²) >= 11 is 0. The lowest BCUT2D eigenvalue weighted by Gasteiger charge is -2.15. The van der Waals surface area contributed by atoms with E-state index in [2.05, 4.69) is 0 Å². The van der Waals surface area contributed by atoms with Crippen LogP contribution >= 0.6 is 0 Å². The number of carboxylic acid groups (broad SMARTS) is 1. The Morgan fingerprint density at radius 1 is 1.05 bits per heavy atom. The molecule has 0 saturated carbocycles. The summed E-state index contributed by atoms with van der Waals surface area (Å²) in [5.74, 6) is -0.728. The maximum atomic E-state index is 11.3. The second-order valence-corrected chi connectivity index (χ2v) is 4.21. The highest BCUT2D eigenvalue weighted by Crippen LogP contribution is 2.42. The van der Waals surface area contributed by atoms with Crippen molar-refractivity contribution < 1.29 is 28.5 Å². The van der Waals surface area contributed by atoms with Crippen LogP contribution in [0.4, 0.5) is 0 Å². The molecular formula is C15H14O7. The molecule has 0 aliphatic rings. The number of rotatable bonds is 5. The van der Waals surface area contributed by atoms with Crippen LogP contribution in [0.15, 0.2) is 33.5 Å². The lowest BCUT2D eigenvalue weighted by atomic mass is 10.0. The average Bonchev–Trinajstić information content (AvgIpc) is 2.53. The van der Waals surface area contributed by atoms with Gasteiger partial charge in [-0.05, 0) is 6.07 Å². The summed E-state index contributed by atoms with van der Waals surface area (Å²) in [5, 5.41) is 9.24. The Hall–Kier alpha value is -2.96. The summed E-state index contributed by atoms with van der Waals surface area (Å²) in [4.78, 5) is 22.6. The first kappa shape index (κ1) is 15.4. The van der Waals surface area contributed by atoms with Gasteiger partial charge in [0, 0.05) is 23.8 Å². The molecule has 2 aromatic rings. The Morgan fingerprint density at radius 3 is 2.09 bits per heavy atom. The Balaban J connectivity index is 2.82. The topological polar surface area (TPSA) is 95.2 Å². The van der Waals surface area contributed by atoms with Crippen LogP contribution in [0.25, 0.3) is 11.1 Å². The van der Waals surface area contributed by atoms with Crippen LogP contribution in [0.2, 0.25) is 0 Å². The average molecular weight is 306 g/mol. The van der Waals surface area contributed by atoms with Crippen LogP contribution in [-0.4, -0.2) is 32.4 Å². The molecule has 1 aromatic heterocycles. The van der Waals surface area contributed by atoms with Crippen LogP contribution in [0.5, 0.6) is 17.2 Å². The van der Waals surface area contributed by atoms with Crippen LogP contribution in [0, 0.1) is 0 Å². The van der Waals surface area contributed by atoms with Crippen molar-refractivity contribution in [1.29, 1.82) is 0 Å². The number of hydrogen-bond acceptors (Lipinski definition) is 6. The fraction of sp³-hybridized carbons (Fsp3) is 0.200. The Labute approximate surface area is 125 Å². The molecule has 0 radical (unpaired) electrons. The molecule has 0 aliphatic heterocycles. The molecule has 0 fully saturated rings. The van der Waals surface area contributed by atoms with Gasteiger partial charge in [0.2, 0.25) is 5.76 Å². The number of ether oxygens (including phenoxy) is 3. The molecule has 0 saturated heterocycles. The Morgan fingerprint density at radius 2 is 1.64 bits per heavy atom. The van der Waals surface area contributed by atoms with Gasteiger partial charge in [-0.2, -0.15) is 0 Å². The smallest absolute Gasteiger partial charge is 0.372 e. The Bertz CT molecular complexity index is 736. The van der Waals surface area contributed by atoms with E-state index in [4.69, 9.17) is 18.6 Å². The minimum Gasteiger partial charge on any atom is -0.496 e. The van der Waals surface area contributed by atoms with Crippen LogP contribution in [0.3, 0.4) is 0 Å². The highest BCUT2D eigenvalue weighted by Gasteiger charge is 2.23. The molecule has 22 heavy (non-hydrogen) atoms. The van der Waals surface area contributed by atoms with Crippen molar-refractivity contribution in [2.24, 2.45) is 0 Å². The van der Waals surface area contributed by atoms with Gasteiger partial charge in [-0.15, -0.1) is 0 Å². The number of hydrogen-bond donors (Lipinski definition) is 1. The number of aromatic carboxylic acids is 1. The van der Waals surface area contributed by atoms with Crippen LogP contribution < -0.4 is 19.8 Å². The number of methoxy groups -OCH3 is 3. The first-order chi connectivity index (χ1) is 10.5. The molecule has 116 valence electrons. The van der Waals surface area contributed by atoms with Gasteiger partial charge in [0.05, 0.1) is 26.9 Å². The van der Waals surface area contributed by atoms with Crippen LogP contribution in [-0.2, 0) is 0 Å². The molecule has 0 amide bonds. The molecule has 0 aliphatic carbocycles. The molecular weight excluding hydrogens is 292 g/mol. The molecule has 0 unspecified atom stereocenters. The monoisotopic (exact) mass is 306 g/mol. The van der Waals surface area contributed by atoms with Crippen molar-refractivity contribution in [3.63, 3.8) is 0 Å². The van der Waals surface area contributed by atoms with Gasteiger partial charge in [-0.1, -0.05) is 0 Å². The third-order valence-corrected chi connectivity index (χ3v) is 3.01. The molecule has 0 spiro atoms. The standard InChI is InChI=1S/C15H14O7/c1-19-8-6-10(20-2)13(11(7-8)21-3)9-4-5-12(16)22-14(9)15(17)18/h4-7H,1-3H3,(H,17,18). The molecule has 1 heterocycles. The Kier molecular flexibility index (Phi) is 4.36. The normalized spacial score (nSPS) is 10.1. The van der Waals surface area contributed by atoms with Crippen molar-refractivity contribution in [3.8, 4) is 28.4 Å². The van der Waals surface area contributed by atoms with Gasteiger partial charge in [0.25, 0.3) is 0 Å². The summed E-state index contributed by atoms with van der Waals surface area (Å²) in [6, 6.07) is 5.64. The molecule has 2 rings (SSSR count). The molecule has 0 bridgehead atoms. The molecule has 7 heteroatoms. The van der Waals surface area contributed by atoms with E-state index < -0.39 is 17.4 Å². The number of benzene rings is 1.